The van der Waals surface area contributed by atoms with Gasteiger partial charge in [0.15, 0.2) is 11.6 Å². The number of sulfonamides is 1. The van der Waals surface area contributed by atoms with Crippen molar-refractivity contribution < 1.29 is 21.6 Å². The third kappa shape index (κ3) is 3.14. The number of halogens is 3. The maximum atomic E-state index is 13.5. The summed E-state index contributed by atoms with van der Waals surface area (Å²) in [5.74, 6) is -4.16. The average Bonchev–Trinajstić information content (AvgIpc) is 2.44. The largest absolute Gasteiger partial charge is 0.276 e. The Balaban J connectivity index is 2.45. The number of nitrogens with zero attached hydrogens (tertiary/aromatic N) is 1. The van der Waals surface area contributed by atoms with Crippen LogP contribution in [0.1, 0.15) is 5.56 Å². The van der Waals surface area contributed by atoms with E-state index in [0.717, 1.165) is 12.1 Å². The number of benzene rings is 2. The van der Waals surface area contributed by atoms with Crippen LogP contribution in [0.25, 0.3) is 0 Å². The van der Waals surface area contributed by atoms with Crippen molar-refractivity contribution in [2.24, 2.45) is 0 Å². The van der Waals surface area contributed by atoms with Crippen molar-refractivity contribution in [1.82, 2.24) is 0 Å². The number of hydrogen-bond donors (Lipinski definition) is 1. The third-order valence-electron chi connectivity index (χ3n) is 2.51. The van der Waals surface area contributed by atoms with Crippen molar-refractivity contribution in [3.8, 4) is 6.07 Å². The van der Waals surface area contributed by atoms with Gasteiger partial charge in [-0.15, -0.1) is 0 Å². The minimum atomic E-state index is -4.28. The fourth-order valence-corrected chi connectivity index (χ4v) is 2.66. The van der Waals surface area contributed by atoms with E-state index in [2.05, 4.69) is 0 Å². The molecule has 0 saturated heterocycles. The molecule has 0 saturated carbocycles. The van der Waals surface area contributed by atoms with Gasteiger partial charge in [0.05, 0.1) is 22.2 Å². The quantitative estimate of drug-likeness (QED) is 0.886. The van der Waals surface area contributed by atoms with Crippen LogP contribution in [0.3, 0.4) is 0 Å². The highest BCUT2D eigenvalue weighted by molar-refractivity contribution is 7.92. The molecule has 0 heterocycles. The molecule has 2 aromatic carbocycles. The van der Waals surface area contributed by atoms with Crippen LogP contribution in [0, 0.1) is 28.8 Å². The van der Waals surface area contributed by atoms with Gasteiger partial charge in [0.25, 0.3) is 10.0 Å². The summed E-state index contributed by atoms with van der Waals surface area (Å²) in [7, 11) is -4.28. The second-order valence-electron chi connectivity index (χ2n) is 3.99. The highest BCUT2D eigenvalue weighted by Crippen LogP contribution is 2.23. The van der Waals surface area contributed by atoms with Gasteiger partial charge in [-0.3, -0.25) is 4.72 Å². The number of nitriles is 1. The molecule has 21 heavy (non-hydrogen) atoms. The first-order chi connectivity index (χ1) is 9.83. The van der Waals surface area contributed by atoms with E-state index < -0.39 is 33.2 Å². The Morgan fingerprint density at radius 1 is 1.10 bits per heavy atom. The van der Waals surface area contributed by atoms with E-state index in [4.69, 9.17) is 5.26 Å². The first kappa shape index (κ1) is 14.9. The summed E-state index contributed by atoms with van der Waals surface area (Å²) in [6, 6.07) is 7.47. The van der Waals surface area contributed by atoms with Gasteiger partial charge < -0.3 is 0 Å². The normalized spacial score (nSPS) is 11.0. The molecule has 108 valence electrons. The van der Waals surface area contributed by atoms with Gasteiger partial charge >= 0.3 is 0 Å². The standard InChI is InChI=1S/C13H7F3N2O2S/c14-9-5-11(15)13(16)12(6-9)18-21(19,20)10-3-1-2-8(4-10)7-17/h1-6,18H. The lowest BCUT2D eigenvalue weighted by Gasteiger charge is -2.09. The van der Waals surface area contributed by atoms with Crippen molar-refractivity contribution in [2.45, 2.75) is 4.90 Å². The van der Waals surface area contributed by atoms with Gasteiger partial charge in [0, 0.05) is 12.1 Å². The van der Waals surface area contributed by atoms with E-state index in [1.165, 1.54) is 12.1 Å². The van der Waals surface area contributed by atoms with Crippen LogP contribution in [-0.2, 0) is 10.0 Å². The van der Waals surface area contributed by atoms with Gasteiger partial charge in [0.2, 0.25) is 0 Å². The molecule has 0 radical (unpaired) electrons. The predicted molar refractivity (Wildman–Crippen MR) is 68.3 cm³/mol. The summed E-state index contributed by atoms with van der Waals surface area (Å²) in [6.07, 6.45) is 0. The Labute approximate surface area is 118 Å². The van der Waals surface area contributed by atoms with Crippen LogP contribution >= 0.6 is 0 Å². The fourth-order valence-electron chi connectivity index (χ4n) is 1.57. The second-order valence-corrected chi connectivity index (χ2v) is 5.68. The van der Waals surface area contributed by atoms with Crippen LogP contribution in [0.15, 0.2) is 41.3 Å². The van der Waals surface area contributed by atoms with Gasteiger partial charge in [0.1, 0.15) is 5.82 Å². The molecule has 0 amide bonds. The highest BCUT2D eigenvalue weighted by Gasteiger charge is 2.19. The van der Waals surface area contributed by atoms with Crippen LogP contribution in [-0.4, -0.2) is 8.42 Å². The van der Waals surface area contributed by atoms with Crippen molar-refractivity contribution in [2.75, 3.05) is 4.72 Å². The molecule has 2 aromatic rings. The molecule has 4 nitrogen and oxygen atoms in total. The number of anilines is 1. The van der Waals surface area contributed by atoms with Crippen molar-refractivity contribution in [3.63, 3.8) is 0 Å². The molecule has 0 aliphatic rings. The SMILES string of the molecule is N#Cc1cccc(S(=O)(=O)Nc2cc(F)cc(F)c2F)c1. The highest BCUT2D eigenvalue weighted by atomic mass is 32.2. The average molecular weight is 312 g/mol. The Bertz CT molecular complexity index is 845. The maximum Gasteiger partial charge on any atom is 0.262 e. The minimum Gasteiger partial charge on any atom is -0.276 e. The monoisotopic (exact) mass is 312 g/mol. The van der Waals surface area contributed by atoms with Crippen molar-refractivity contribution in [3.05, 3.63) is 59.4 Å². The predicted octanol–water partition coefficient (Wildman–Crippen LogP) is 2.78. The Morgan fingerprint density at radius 3 is 2.48 bits per heavy atom. The molecule has 0 aliphatic heterocycles. The summed E-state index contributed by atoms with van der Waals surface area (Å²) in [5.41, 5.74) is -0.779. The molecule has 2 rings (SSSR count). The third-order valence-corrected chi connectivity index (χ3v) is 3.87. The van der Waals surface area contributed by atoms with Crippen LogP contribution in [0.4, 0.5) is 18.9 Å². The minimum absolute atomic E-state index is 0.0729. The molecule has 0 bridgehead atoms. The van der Waals surface area contributed by atoms with Gasteiger partial charge in [-0.05, 0) is 18.2 Å². The topological polar surface area (TPSA) is 70.0 Å². The van der Waals surface area contributed by atoms with E-state index >= 15 is 0 Å². The summed E-state index contributed by atoms with van der Waals surface area (Å²) in [6.45, 7) is 0. The van der Waals surface area contributed by atoms with Crippen molar-refractivity contribution >= 4 is 15.7 Å². The molecule has 8 heteroatoms. The molecule has 1 N–H and O–H groups in total. The molecular weight excluding hydrogens is 305 g/mol. The molecule has 0 fully saturated rings. The zero-order valence-electron chi connectivity index (χ0n) is 10.3. The van der Waals surface area contributed by atoms with Crippen LogP contribution < -0.4 is 4.72 Å². The zero-order chi connectivity index (χ0) is 15.6. The summed E-state index contributed by atoms with van der Waals surface area (Å²) >= 11 is 0. The maximum absolute atomic E-state index is 13.5. The summed E-state index contributed by atoms with van der Waals surface area (Å²) < 4.78 is 65.3. The Kier molecular flexibility index (Phi) is 3.86. The second kappa shape index (κ2) is 5.46. The van der Waals surface area contributed by atoms with Gasteiger partial charge in [-0.2, -0.15) is 5.26 Å². The summed E-state index contributed by atoms with van der Waals surface area (Å²) in [4.78, 5) is -0.328. The number of rotatable bonds is 3. The molecule has 0 spiro atoms. The van der Waals surface area contributed by atoms with Gasteiger partial charge in [-0.25, -0.2) is 21.6 Å². The molecule has 0 atom stereocenters. The lowest BCUT2D eigenvalue weighted by Crippen LogP contribution is -2.15. The van der Waals surface area contributed by atoms with E-state index in [1.54, 1.807) is 10.8 Å². The van der Waals surface area contributed by atoms with E-state index in [1.807, 2.05) is 0 Å². The zero-order valence-corrected chi connectivity index (χ0v) is 11.1. The first-order valence-corrected chi connectivity index (χ1v) is 6.99. The molecular formula is C13H7F3N2O2S. The van der Waals surface area contributed by atoms with Gasteiger partial charge in [-0.1, -0.05) is 6.07 Å². The number of hydrogen-bond acceptors (Lipinski definition) is 3. The van der Waals surface area contributed by atoms with Crippen LogP contribution in [0.5, 0.6) is 0 Å². The molecule has 0 aliphatic carbocycles. The smallest absolute Gasteiger partial charge is 0.262 e. The molecule has 0 aromatic heterocycles. The van der Waals surface area contributed by atoms with Crippen LogP contribution in [0.2, 0.25) is 0 Å². The fraction of sp³-hybridized carbons (Fsp3) is 0. The summed E-state index contributed by atoms with van der Waals surface area (Å²) in [5, 5.41) is 8.71. The van der Waals surface area contributed by atoms with E-state index in [9.17, 15) is 21.6 Å². The molecule has 0 unspecified atom stereocenters. The first-order valence-electron chi connectivity index (χ1n) is 5.51. The van der Waals surface area contributed by atoms with Crippen molar-refractivity contribution in [1.29, 1.82) is 5.26 Å². The lowest BCUT2D eigenvalue weighted by molar-refractivity contribution is 0.498. The number of nitrogens with one attached hydrogen (secondary N) is 1. The van der Waals surface area contributed by atoms with E-state index in [-0.39, 0.29) is 10.5 Å². The Morgan fingerprint density at radius 2 is 1.81 bits per heavy atom. The van der Waals surface area contributed by atoms with E-state index in [0.29, 0.717) is 12.1 Å². The lowest BCUT2D eigenvalue weighted by atomic mass is 10.2. The Hall–Kier alpha value is -2.53.